The van der Waals surface area contributed by atoms with Crippen LogP contribution >= 0.6 is 23.5 Å². The molecule has 138 valence electrons. The Morgan fingerprint density at radius 3 is 1.31 bits per heavy atom. The molecule has 0 aromatic heterocycles. The molecule has 0 saturated heterocycles. The van der Waals surface area contributed by atoms with Crippen molar-refractivity contribution in [2.45, 2.75) is 84.5 Å². The highest BCUT2D eigenvalue weighted by Crippen LogP contribution is 2.43. The fourth-order valence-electron chi connectivity index (χ4n) is 4.31. The first-order valence-corrected chi connectivity index (χ1v) is 12.2. The van der Waals surface area contributed by atoms with Gasteiger partial charge < -0.3 is 0 Å². The van der Waals surface area contributed by atoms with Crippen molar-refractivity contribution >= 4 is 23.5 Å². The van der Waals surface area contributed by atoms with Crippen LogP contribution in [0, 0.1) is 0 Å². The van der Waals surface area contributed by atoms with E-state index < -0.39 is 0 Å². The zero-order chi connectivity index (χ0) is 17.6. The molecule has 0 nitrogen and oxygen atoms in total. The van der Waals surface area contributed by atoms with E-state index in [1.54, 1.807) is 0 Å². The molecule has 2 heteroatoms. The monoisotopic (exact) mass is 382 g/mol. The second kappa shape index (κ2) is 9.37. The molecule has 4 rings (SSSR count). The maximum atomic E-state index is 2.34. The van der Waals surface area contributed by atoms with Gasteiger partial charge >= 0.3 is 0 Å². The minimum atomic E-state index is 0.808. The van der Waals surface area contributed by atoms with Gasteiger partial charge in [-0.3, -0.25) is 0 Å². The molecule has 0 aliphatic heterocycles. The van der Waals surface area contributed by atoms with Gasteiger partial charge in [-0.25, -0.2) is 0 Å². The summed E-state index contributed by atoms with van der Waals surface area (Å²) in [4.78, 5) is 2.96. The lowest BCUT2D eigenvalue weighted by atomic mass is 10.0. The van der Waals surface area contributed by atoms with E-state index in [-0.39, 0.29) is 0 Å². The third-order valence-corrected chi connectivity index (χ3v) is 8.59. The smallest absolute Gasteiger partial charge is 0.0154 e. The average Bonchev–Trinajstić information content (AvgIpc) is 2.71. The van der Waals surface area contributed by atoms with E-state index in [1.165, 1.54) is 85.1 Å². The van der Waals surface area contributed by atoms with E-state index in [4.69, 9.17) is 0 Å². The fraction of sp³-hybridized carbons (Fsp3) is 0.500. The second-order valence-corrected chi connectivity index (χ2v) is 10.4. The summed E-state index contributed by atoms with van der Waals surface area (Å²) in [5, 5.41) is 1.62. The Bertz CT molecular complexity index is 635. The van der Waals surface area contributed by atoms with Gasteiger partial charge in [0, 0.05) is 20.3 Å². The Morgan fingerprint density at radius 1 is 0.500 bits per heavy atom. The molecular formula is C24H30S2. The van der Waals surface area contributed by atoms with Crippen LogP contribution in [-0.2, 0) is 0 Å². The molecule has 0 atom stereocenters. The van der Waals surface area contributed by atoms with Crippen molar-refractivity contribution < 1.29 is 0 Å². The van der Waals surface area contributed by atoms with E-state index in [0.717, 1.165) is 10.5 Å². The van der Waals surface area contributed by atoms with Crippen LogP contribution in [0.3, 0.4) is 0 Å². The highest BCUT2D eigenvalue weighted by Gasteiger charge is 2.20. The molecule has 0 heterocycles. The molecule has 0 unspecified atom stereocenters. The summed E-state index contributed by atoms with van der Waals surface area (Å²) in [6.07, 6.45) is 14.0. The van der Waals surface area contributed by atoms with Crippen LogP contribution in [-0.4, -0.2) is 10.5 Å². The van der Waals surface area contributed by atoms with Crippen LogP contribution in [0.1, 0.15) is 64.2 Å². The second-order valence-electron chi connectivity index (χ2n) is 7.75. The lowest BCUT2D eigenvalue weighted by Crippen LogP contribution is -2.08. The van der Waals surface area contributed by atoms with Crippen LogP contribution in [0.25, 0.3) is 11.1 Å². The SMILES string of the molecule is c1ccc(-c2ccccc2SC2CCCCC2)c(SC2CCCCC2)c1. The van der Waals surface area contributed by atoms with Gasteiger partial charge in [0.15, 0.2) is 0 Å². The van der Waals surface area contributed by atoms with Crippen molar-refractivity contribution in [3.05, 3.63) is 48.5 Å². The molecule has 2 saturated carbocycles. The van der Waals surface area contributed by atoms with Gasteiger partial charge in [-0.2, -0.15) is 0 Å². The average molecular weight is 383 g/mol. The van der Waals surface area contributed by atoms with Gasteiger partial charge in [0.1, 0.15) is 0 Å². The fourth-order valence-corrected chi connectivity index (χ4v) is 7.09. The summed E-state index contributed by atoms with van der Waals surface area (Å²) >= 11 is 4.26. The lowest BCUT2D eigenvalue weighted by Gasteiger charge is -2.24. The number of hydrogen-bond donors (Lipinski definition) is 0. The van der Waals surface area contributed by atoms with Crippen LogP contribution in [0.4, 0.5) is 0 Å². The molecule has 2 aromatic carbocycles. The minimum absolute atomic E-state index is 0.808. The Morgan fingerprint density at radius 2 is 0.885 bits per heavy atom. The van der Waals surface area contributed by atoms with Crippen molar-refractivity contribution in [2.75, 3.05) is 0 Å². The Labute approximate surface area is 167 Å². The van der Waals surface area contributed by atoms with Crippen molar-refractivity contribution in [1.29, 1.82) is 0 Å². The van der Waals surface area contributed by atoms with E-state index in [9.17, 15) is 0 Å². The number of benzene rings is 2. The van der Waals surface area contributed by atoms with Gasteiger partial charge in [-0.15, -0.1) is 23.5 Å². The van der Waals surface area contributed by atoms with Gasteiger partial charge in [-0.1, -0.05) is 74.9 Å². The number of hydrogen-bond acceptors (Lipinski definition) is 2. The Balaban J connectivity index is 1.58. The van der Waals surface area contributed by atoms with Crippen LogP contribution in [0.5, 0.6) is 0 Å². The minimum Gasteiger partial charge on any atom is -0.122 e. The predicted molar refractivity (Wildman–Crippen MR) is 117 cm³/mol. The molecule has 26 heavy (non-hydrogen) atoms. The first-order valence-electron chi connectivity index (χ1n) is 10.4. The molecule has 2 fully saturated rings. The molecular weight excluding hydrogens is 352 g/mol. The van der Waals surface area contributed by atoms with Gasteiger partial charge in [-0.05, 0) is 48.9 Å². The first kappa shape index (κ1) is 18.5. The molecule has 0 spiro atoms. The van der Waals surface area contributed by atoms with Gasteiger partial charge in [0.05, 0.1) is 0 Å². The van der Waals surface area contributed by atoms with Crippen molar-refractivity contribution in [3.8, 4) is 11.1 Å². The van der Waals surface area contributed by atoms with E-state index in [1.807, 2.05) is 0 Å². The maximum Gasteiger partial charge on any atom is 0.0154 e. The van der Waals surface area contributed by atoms with Crippen LogP contribution in [0.15, 0.2) is 58.3 Å². The summed E-state index contributed by atoms with van der Waals surface area (Å²) in [6, 6.07) is 18.2. The van der Waals surface area contributed by atoms with Gasteiger partial charge in [0.25, 0.3) is 0 Å². The van der Waals surface area contributed by atoms with Crippen molar-refractivity contribution in [1.82, 2.24) is 0 Å². The summed E-state index contributed by atoms with van der Waals surface area (Å²) < 4.78 is 0. The summed E-state index contributed by atoms with van der Waals surface area (Å²) in [6.45, 7) is 0. The molecule has 2 aliphatic carbocycles. The van der Waals surface area contributed by atoms with Gasteiger partial charge in [0.2, 0.25) is 0 Å². The molecule has 0 N–H and O–H groups in total. The predicted octanol–water partition coefficient (Wildman–Crippen LogP) is 8.20. The first-order chi connectivity index (χ1) is 12.9. The lowest BCUT2D eigenvalue weighted by molar-refractivity contribution is 0.516. The molecule has 0 amide bonds. The topological polar surface area (TPSA) is 0 Å². The number of thioether (sulfide) groups is 2. The molecule has 0 radical (unpaired) electrons. The van der Waals surface area contributed by atoms with Crippen LogP contribution in [0.2, 0.25) is 0 Å². The van der Waals surface area contributed by atoms with E-state index in [2.05, 4.69) is 72.1 Å². The maximum absolute atomic E-state index is 2.34. The molecule has 2 aromatic rings. The van der Waals surface area contributed by atoms with E-state index >= 15 is 0 Å². The third-order valence-electron chi connectivity index (χ3n) is 5.76. The number of rotatable bonds is 5. The van der Waals surface area contributed by atoms with Crippen LogP contribution < -0.4 is 0 Å². The Hall–Kier alpha value is -0.860. The largest absolute Gasteiger partial charge is 0.122 e. The highest BCUT2D eigenvalue weighted by atomic mass is 32.2. The van der Waals surface area contributed by atoms with Crippen molar-refractivity contribution in [3.63, 3.8) is 0 Å². The summed E-state index contributed by atoms with van der Waals surface area (Å²) in [5.41, 5.74) is 2.89. The molecule has 0 bridgehead atoms. The van der Waals surface area contributed by atoms with Crippen molar-refractivity contribution in [2.24, 2.45) is 0 Å². The highest BCUT2D eigenvalue weighted by molar-refractivity contribution is 8.00. The summed E-state index contributed by atoms with van der Waals surface area (Å²) in [5.74, 6) is 0. The Kier molecular flexibility index (Phi) is 6.67. The van der Waals surface area contributed by atoms with E-state index in [0.29, 0.717) is 0 Å². The standard InChI is InChI=1S/C24H30S2/c1-3-11-19(12-4-1)25-23-17-9-7-15-21(23)22-16-8-10-18-24(22)26-20-13-5-2-6-14-20/h7-10,15-20H,1-6,11-14H2. The third kappa shape index (κ3) is 4.70. The normalized spacial score (nSPS) is 19.5. The quantitative estimate of drug-likeness (QED) is 0.511. The summed E-state index contributed by atoms with van der Waals surface area (Å²) in [7, 11) is 0. The molecule has 2 aliphatic rings. The zero-order valence-electron chi connectivity index (χ0n) is 15.7. The zero-order valence-corrected chi connectivity index (χ0v) is 17.3.